The molecule has 2 aromatic rings. The summed E-state index contributed by atoms with van der Waals surface area (Å²) in [7, 11) is 1.73. The summed E-state index contributed by atoms with van der Waals surface area (Å²) in [5, 5.41) is 10.0. The molecule has 1 aliphatic heterocycles. The number of hydrogen-bond donors (Lipinski definition) is 1. The second kappa shape index (κ2) is 6.22. The molecule has 1 aromatic heterocycles. The Hall–Kier alpha value is -2.28. The molecule has 1 aromatic carbocycles. The maximum atomic E-state index is 13.3. The van der Waals surface area contributed by atoms with Crippen LogP contribution in [0.4, 0.5) is 13.2 Å². The van der Waals surface area contributed by atoms with Gasteiger partial charge in [-0.1, -0.05) is 18.2 Å². The van der Waals surface area contributed by atoms with Gasteiger partial charge in [-0.3, -0.25) is 4.79 Å². The first-order chi connectivity index (χ1) is 11.7. The lowest BCUT2D eigenvalue weighted by Crippen LogP contribution is -2.33. The largest absolute Gasteiger partial charge is 0.416 e. The maximum Gasteiger partial charge on any atom is 0.416 e. The quantitative estimate of drug-likeness (QED) is 0.901. The molecule has 1 amide bonds. The monoisotopic (exact) mass is 352 g/mol. The van der Waals surface area contributed by atoms with Crippen LogP contribution in [0.1, 0.15) is 39.8 Å². The lowest BCUT2D eigenvalue weighted by Gasteiger charge is -2.27. The number of aliphatic hydroxyl groups excluding tert-OH is 1. The molecule has 0 bridgehead atoms. The fourth-order valence-electron chi connectivity index (χ4n) is 3.35. The molecule has 0 saturated carbocycles. The Kier molecular flexibility index (Phi) is 4.36. The minimum absolute atomic E-state index is 0.0138. The second-order valence-electron chi connectivity index (χ2n) is 6.37. The van der Waals surface area contributed by atoms with Crippen molar-refractivity contribution in [3.63, 3.8) is 0 Å². The third-order valence-corrected chi connectivity index (χ3v) is 4.76. The van der Waals surface area contributed by atoms with Crippen LogP contribution < -0.4 is 0 Å². The Bertz CT molecular complexity index is 798. The number of likely N-dealkylation sites (tertiary alicyclic amines) is 1. The fraction of sp³-hybridized carbons (Fsp3) is 0.389. The fourth-order valence-corrected chi connectivity index (χ4v) is 3.35. The number of halogens is 3. The summed E-state index contributed by atoms with van der Waals surface area (Å²) in [6.45, 7) is 1.85. The van der Waals surface area contributed by atoms with Gasteiger partial charge in [-0.05, 0) is 37.1 Å². The van der Waals surface area contributed by atoms with Gasteiger partial charge in [0.15, 0.2) is 0 Å². The maximum absolute atomic E-state index is 13.3. The van der Waals surface area contributed by atoms with Crippen LogP contribution in [-0.2, 0) is 13.2 Å². The van der Waals surface area contributed by atoms with Gasteiger partial charge in [0.05, 0.1) is 17.7 Å². The molecular weight excluding hydrogens is 333 g/mol. The zero-order valence-corrected chi connectivity index (χ0v) is 13.9. The van der Waals surface area contributed by atoms with Crippen LogP contribution in [0, 0.1) is 6.92 Å². The molecule has 0 spiro atoms. The van der Waals surface area contributed by atoms with Crippen LogP contribution in [0.5, 0.6) is 0 Å². The normalized spacial score (nSPS) is 21.0. The van der Waals surface area contributed by atoms with E-state index in [1.807, 2.05) is 6.92 Å². The van der Waals surface area contributed by atoms with Gasteiger partial charge in [0.2, 0.25) is 0 Å². The summed E-state index contributed by atoms with van der Waals surface area (Å²) in [4.78, 5) is 14.2. The average molecular weight is 352 g/mol. The van der Waals surface area contributed by atoms with Gasteiger partial charge in [-0.2, -0.15) is 13.2 Å². The molecule has 0 unspecified atom stereocenters. The topological polar surface area (TPSA) is 45.5 Å². The highest BCUT2D eigenvalue weighted by molar-refractivity contribution is 5.93. The Morgan fingerprint density at radius 2 is 1.88 bits per heavy atom. The van der Waals surface area contributed by atoms with Crippen molar-refractivity contribution in [3.05, 3.63) is 58.9 Å². The van der Waals surface area contributed by atoms with Crippen molar-refractivity contribution in [1.82, 2.24) is 9.47 Å². The molecule has 1 aliphatic rings. The summed E-state index contributed by atoms with van der Waals surface area (Å²) in [5.41, 5.74) is 0.511. The van der Waals surface area contributed by atoms with Crippen molar-refractivity contribution in [2.24, 2.45) is 7.05 Å². The number of aromatic nitrogens is 1. The van der Waals surface area contributed by atoms with Gasteiger partial charge in [0.25, 0.3) is 5.91 Å². The molecule has 1 N–H and O–H groups in total. The van der Waals surface area contributed by atoms with Crippen molar-refractivity contribution in [1.29, 1.82) is 0 Å². The third-order valence-electron chi connectivity index (χ3n) is 4.76. The number of amides is 1. The van der Waals surface area contributed by atoms with Crippen LogP contribution in [0.15, 0.2) is 36.4 Å². The van der Waals surface area contributed by atoms with Crippen LogP contribution in [0.3, 0.4) is 0 Å². The van der Waals surface area contributed by atoms with E-state index in [-0.39, 0.29) is 24.4 Å². The molecule has 0 aliphatic carbocycles. The van der Waals surface area contributed by atoms with Crippen LogP contribution >= 0.6 is 0 Å². The number of hydrogen-bond acceptors (Lipinski definition) is 2. The SMILES string of the molecule is Cc1ccc(C(=O)N2C[C@@H](O)C[C@H]2c2ccccc2C(F)(F)F)n1C. The van der Waals surface area contributed by atoms with E-state index >= 15 is 0 Å². The third kappa shape index (κ3) is 3.16. The minimum atomic E-state index is -4.51. The zero-order valence-electron chi connectivity index (χ0n) is 13.9. The number of alkyl halides is 3. The second-order valence-corrected chi connectivity index (χ2v) is 6.37. The summed E-state index contributed by atoms with van der Waals surface area (Å²) >= 11 is 0. The highest BCUT2D eigenvalue weighted by Crippen LogP contribution is 2.40. The van der Waals surface area contributed by atoms with Crippen LogP contribution in [0.25, 0.3) is 0 Å². The van der Waals surface area contributed by atoms with E-state index in [4.69, 9.17) is 0 Å². The summed E-state index contributed by atoms with van der Waals surface area (Å²) in [6.07, 6.45) is -5.28. The number of rotatable bonds is 2. The summed E-state index contributed by atoms with van der Waals surface area (Å²) < 4.78 is 41.7. The van der Waals surface area contributed by atoms with Crippen molar-refractivity contribution in [2.75, 3.05) is 6.54 Å². The van der Waals surface area contributed by atoms with E-state index in [0.29, 0.717) is 5.69 Å². The van der Waals surface area contributed by atoms with Gasteiger partial charge < -0.3 is 14.6 Å². The Morgan fingerprint density at radius 3 is 2.48 bits per heavy atom. The molecule has 1 fully saturated rings. The van der Waals surface area contributed by atoms with Crippen molar-refractivity contribution in [2.45, 2.75) is 31.7 Å². The molecule has 4 nitrogen and oxygen atoms in total. The van der Waals surface area contributed by atoms with E-state index in [1.165, 1.54) is 23.1 Å². The summed E-state index contributed by atoms with van der Waals surface area (Å²) in [6, 6.07) is 7.84. The van der Waals surface area contributed by atoms with E-state index < -0.39 is 23.9 Å². The van der Waals surface area contributed by atoms with Gasteiger partial charge >= 0.3 is 6.18 Å². The number of aliphatic hydroxyl groups is 1. The van der Waals surface area contributed by atoms with Crippen LogP contribution in [-0.4, -0.2) is 33.1 Å². The van der Waals surface area contributed by atoms with Gasteiger partial charge in [0.1, 0.15) is 5.69 Å². The van der Waals surface area contributed by atoms with Crippen molar-refractivity contribution < 1.29 is 23.1 Å². The van der Waals surface area contributed by atoms with Crippen molar-refractivity contribution in [3.8, 4) is 0 Å². The molecule has 0 radical (unpaired) electrons. The van der Waals surface area contributed by atoms with E-state index in [2.05, 4.69) is 0 Å². The number of benzene rings is 1. The van der Waals surface area contributed by atoms with E-state index in [0.717, 1.165) is 11.8 Å². The number of aryl methyl sites for hydroxylation is 1. The highest BCUT2D eigenvalue weighted by Gasteiger charge is 2.41. The first-order valence-electron chi connectivity index (χ1n) is 7.97. The minimum Gasteiger partial charge on any atom is -0.391 e. The molecule has 3 rings (SSSR count). The smallest absolute Gasteiger partial charge is 0.391 e. The van der Waals surface area contributed by atoms with Gasteiger partial charge in [0, 0.05) is 19.3 Å². The molecule has 2 atom stereocenters. The number of carbonyl (C=O) groups excluding carboxylic acids is 1. The highest BCUT2D eigenvalue weighted by atomic mass is 19.4. The number of carbonyl (C=O) groups is 1. The van der Waals surface area contributed by atoms with Crippen molar-refractivity contribution >= 4 is 5.91 Å². The first-order valence-corrected chi connectivity index (χ1v) is 7.97. The summed E-state index contributed by atoms with van der Waals surface area (Å²) in [5.74, 6) is -0.380. The molecular formula is C18H19F3N2O2. The van der Waals surface area contributed by atoms with Crippen LogP contribution in [0.2, 0.25) is 0 Å². The molecule has 134 valence electrons. The predicted molar refractivity (Wildman–Crippen MR) is 86.0 cm³/mol. The molecule has 7 heteroatoms. The standard InChI is InChI=1S/C18H19F3N2O2/c1-11-7-8-15(22(11)2)17(25)23-10-12(24)9-16(23)13-5-3-4-6-14(13)18(19,20)21/h3-8,12,16,24H,9-10H2,1-2H3/t12-,16-/m0/s1. The molecule has 25 heavy (non-hydrogen) atoms. The molecule has 2 heterocycles. The first kappa shape index (κ1) is 17.5. The Morgan fingerprint density at radius 1 is 1.20 bits per heavy atom. The number of β-amino-alcohol motifs (C(OH)–C–C–N with tert-alkyl or cyclic N) is 1. The van der Waals surface area contributed by atoms with E-state index in [1.54, 1.807) is 23.7 Å². The lowest BCUT2D eigenvalue weighted by atomic mass is 9.97. The lowest BCUT2D eigenvalue weighted by molar-refractivity contribution is -0.138. The van der Waals surface area contributed by atoms with E-state index in [9.17, 15) is 23.1 Å². The Balaban J connectivity index is 2.01. The van der Waals surface area contributed by atoms with Gasteiger partial charge in [-0.25, -0.2) is 0 Å². The predicted octanol–water partition coefficient (Wildman–Crippen LogP) is 3.30. The van der Waals surface area contributed by atoms with Gasteiger partial charge in [-0.15, -0.1) is 0 Å². The zero-order chi connectivity index (χ0) is 18.4. The average Bonchev–Trinajstić information content (AvgIpc) is 3.10. The molecule has 1 saturated heterocycles. The Labute approximate surface area is 143 Å². The number of nitrogens with zero attached hydrogens (tertiary/aromatic N) is 2.